The first-order valence-electron chi connectivity index (χ1n) is 5.82. The van der Waals surface area contributed by atoms with Crippen LogP contribution in [-0.4, -0.2) is 11.6 Å². The maximum Gasteiger partial charge on any atom is 0.194 e. The van der Waals surface area contributed by atoms with Gasteiger partial charge >= 0.3 is 0 Å². The topological polar surface area (TPSA) is 34.1 Å². The average Bonchev–Trinajstić information content (AvgIpc) is 2.44. The van der Waals surface area contributed by atoms with Crippen molar-refractivity contribution < 1.29 is 9.59 Å². The largest absolute Gasteiger partial charge is 0.289 e. The van der Waals surface area contributed by atoms with E-state index in [0.29, 0.717) is 16.7 Å². The van der Waals surface area contributed by atoms with Crippen LogP contribution in [0.4, 0.5) is 0 Å². The highest BCUT2D eigenvalue weighted by atomic mass is 79.9. The van der Waals surface area contributed by atoms with E-state index in [4.69, 9.17) is 0 Å². The van der Waals surface area contributed by atoms with Crippen molar-refractivity contribution in [1.29, 1.82) is 0 Å². The van der Waals surface area contributed by atoms with Crippen LogP contribution in [0.25, 0.3) is 5.57 Å². The lowest BCUT2D eigenvalue weighted by molar-refractivity contribution is 0.100. The van der Waals surface area contributed by atoms with Crippen molar-refractivity contribution in [2.75, 3.05) is 0 Å². The minimum absolute atomic E-state index is 0.0995. The molecule has 1 aliphatic carbocycles. The van der Waals surface area contributed by atoms with Gasteiger partial charge in [0.05, 0.1) is 0 Å². The Kier molecular flexibility index (Phi) is 2.91. The fraction of sp³-hybridized carbons (Fsp3) is 0. The molecule has 0 radical (unpaired) electrons. The molecular weight excluding hydrogens is 304 g/mol. The fourth-order valence-corrected chi connectivity index (χ4v) is 2.42. The number of halogens is 1. The molecule has 0 saturated heterocycles. The van der Waals surface area contributed by atoms with E-state index in [1.54, 1.807) is 24.3 Å². The molecule has 0 atom stereocenters. The second kappa shape index (κ2) is 4.59. The molecule has 0 amide bonds. The van der Waals surface area contributed by atoms with Gasteiger partial charge in [-0.1, -0.05) is 52.3 Å². The third-order valence-electron chi connectivity index (χ3n) is 3.11. The number of hydrogen-bond donors (Lipinski definition) is 0. The summed E-state index contributed by atoms with van der Waals surface area (Å²) in [5.41, 5.74) is 2.17. The fourth-order valence-electron chi connectivity index (χ4n) is 2.16. The quantitative estimate of drug-likeness (QED) is 0.800. The van der Waals surface area contributed by atoms with Crippen LogP contribution in [0.1, 0.15) is 26.3 Å². The van der Waals surface area contributed by atoms with Gasteiger partial charge in [0.1, 0.15) is 0 Å². The molecule has 0 aromatic heterocycles. The van der Waals surface area contributed by atoms with E-state index < -0.39 is 0 Å². The van der Waals surface area contributed by atoms with Crippen LogP contribution < -0.4 is 0 Å². The summed E-state index contributed by atoms with van der Waals surface area (Å²) in [5, 5.41) is 0. The summed E-state index contributed by atoms with van der Waals surface area (Å²) in [6.07, 6.45) is 1.42. The molecule has 3 heteroatoms. The molecule has 0 unspecified atom stereocenters. The highest BCUT2D eigenvalue weighted by molar-refractivity contribution is 9.10. The van der Waals surface area contributed by atoms with Crippen molar-refractivity contribution in [3.8, 4) is 0 Å². The normalized spacial score (nSPS) is 14.1. The van der Waals surface area contributed by atoms with Crippen molar-refractivity contribution in [2.45, 2.75) is 0 Å². The van der Waals surface area contributed by atoms with E-state index in [0.717, 1.165) is 10.0 Å². The molecule has 0 heterocycles. The third-order valence-corrected chi connectivity index (χ3v) is 3.64. The summed E-state index contributed by atoms with van der Waals surface area (Å²) in [7, 11) is 0. The number of rotatable bonds is 1. The number of ketones is 2. The van der Waals surface area contributed by atoms with Crippen LogP contribution in [0.3, 0.4) is 0 Å². The second-order valence-corrected chi connectivity index (χ2v) is 5.22. The molecule has 0 aliphatic heterocycles. The number of benzene rings is 2. The SMILES string of the molecule is O=C1C=C(c2ccc(Br)cc2)C(=O)c2ccccc21. The Labute approximate surface area is 118 Å². The molecule has 0 N–H and O–H groups in total. The summed E-state index contributed by atoms with van der Waals surface area (Å²) in [5.74, 6) is -0.217. The minimum Gasteiger partial charge on any atom is -0.289 e. The molecule has 2 aromatic rings. The molecule has 3 rings (SSSR count). The highest BCUT2D eigenvalue weighted by Gasteiger charge is 2.25. The molecular formula is C16H9BrO2. The first kappa shape index (κ1) is 12.1. The number of allylic oxidation sites excluding steroid dienone is 2. The third kappa shape index (κ3) is 2.06. The van der Waals surface area contributed by atoms with Crippen LogP contribution in [-0.2, 0) is 0 Å². The summed E-state index contributed by atoms with van der Waals surface area (Å²) in [6.45, 7) is 0. The summed E-state index contributed by atoms with van der Waals surface area (Å²) in [4.78, 5) is 24.5. The lowest BCUT2D eigenvalue weighted by atomic mass is 9.86. The Hall–Kier alpha value is -2.00. The van der Waals surface area contributed by atoms with Gasteiger partial charge in [0.15, 0.2) is 11.6 Å². The van der Waals surface area contributed by atoms with E-state index in [-0.39, 0.29) is 11.6 Å². The zero-order valence-electron chi connectivity index (χ0n) is 9.89. The Balaban J connectivity index is 2.13. The van der Waals surface area contributed by atoms with Crippen LogP contribution in [0.5, 0.6) is 0 Å². The van der Waals surface area contributed by atoms with Crippen molar-refractivity contribution in [3.05, 3.63) is 75.8 Å². The van der Waals surface area contributed by atoms with Crippen LogP contribution >= 0.6 is 15.9 Å². The van der Waals surface area contributed by atoms with Gasteiger partial charge in [-0.3, -0.25) is 9.59 Å². The van der Waals surface area contributed by atoms with Gasteiger partial charge in [-0.15, -0.1) is 0 Å². The maximum absolute atomic E-state index is 12.4. The van der Waals surface area contributed by atoms with Gasteiger partial charge < -0.3 is 0 Å². The average molecular weight is 313 g/mol. The predicted octanol–water partition coefficient (Wildman–Crippen LogP) is 3.91. The number of hydrogen-bond acceptors (Lipinski definition) is 2. The standard InChI is InChI=1S/C16H9BrO2/c17-11-7-5-10(6-8-11)14-9-15(18)12-3-1-2-4-13(12)16(14)19/h1-9H. The maximum atomic E-state index is 12.4. The Morgan fingerprint density at radius 1 is 0.789 bits per heavy atom. The highest BCUT2D eigenvalue weighted by Crippen LogP contribution is 2.28. The summed E-state index contributed by atoms with van der Waals surface area (Å²) < 4.78 is 0.937. The zero-order valence-corrected chi connectivity index (χ0v) is 11.5. The van der Waals surface area contributed by atoms with E-state index >= 15 is 0 Å². The molecule has 0 saturated carbocycles. The predicted molar refractivity (Wildman–Crippen MR) is 77.2 cm³/mol. The monoisotopic (exact) mass is 312 g/mol. The first-order valence-corrected chi connectivity index (χ1v) is 6.62. The van der Waals surface area contributed by atoms with E-state index in [1.165, 1.54) is 6.08 Å². The van der Waals surface area contributed by atoms with E-state index in [9.17, 15) is 9.59 Å². The van der Waals surface area contributed by atoms with Crippen molar-refractivity contribution in [3.63, 3.8) is 0 Å². The van der Waals surface area contributed by atoms with E-state index in [2.05, 4.69) is 15.9 Å². The van der Waals surface area contributed by atoms with Gasteiger partial charge in [0.25, 0.3) is 0 Å². The van der Waals surface area contributed by atoms with Crippen molar-refractivity contribution >= 4 is 33.1 Å². The van der Waals surface area contributed by atoms with Gasteiger partial charge in [-0.05, 0) is 23.8 Å². The van der Waals surface area contributed by atoms with Gasteiger partial charge in [-0.25, -0.2) is 0 Å². The summed E-state index contributed by atoms with van der Waals surface area (Å²) in [6, 6.07) is 14.3. The van der Waals surface area contributed by atoms with Crippen molar-refractivity contribution in [2.24, 2.45) is 0 Å². The van der Waals surface area contributed by atoms with Gasteiger partial charge in [0.2, 0.25) is 0 Å². The van der Waals surface area contributed by atoms with E-state index in [1.807, 2.05) is 24.3 Å². The van der Waals surface area contributed by atoms with Crippen LogP contribution in [0, 0.1) is 0 Å². The second-order valence-electron chi connectivity index (χ2n) is 4.30. The molecule has 2 nitrogen and oxygen atoms in total. The van der Waals surface area contributed by atoms with Gasteiger partial charge in [0, 0.05) is 21.2 Å². The Morgan fingerprint density at radius 2 is 1.42 bits per heavy atom. The molecule has 0 spiro atoms. The zero-order chi connectivity index (χ0) is 13.4. The number of fused-ring (bicyclic) bond motifs is 1. The molecule has 0 fully saturated rings. The first-order chi connectivity index (χ1) is 9.16. The number of carbonyl (C=O) groups excluding carboxylic acids is 2. The Bertz CT molecular complexity index is 712. The lowest BCUT2D eigenvalue weighted by Gasteiger charge is -2.15. The summed E-state index contributed by atoms with van der Waals surface area (Å²) >= 11 is 3.35. The number of carbonyl (C=O) groups is 2. The smallest absolute Gasteiger partial charge is 0.194 e. The molecule has 1 aliphatic rings. The molecule has 2 aromatic carbocycles. The van der Waals surface area contributed by atoms with Crippen molar-refractivity contribution in [1.82, 2.24) is 0 Å². The number of Topliss-reactive ketones (excluding diaryl/α,β-unsaturated/α-hetero) is 1. The van der Waals surface area contributed by atoms with Gasteiger partial charge in [-0.2, -0.15) is 0 Å². The molecule has 0 bridgehead atoms. The lowest BCUT2D eigenvalue weighted by Crippen LogP contribution is -2.15. The Morgan fingerprint density at radius 3 is 2.11 bits per heavy atom. The molecule has 19 heavy (non-hydrogen) atoms. The van der Waals surface area contributed by atoms with Crippen LogP contribution in [0.15, 0.2) is 59.1 Å². The molecule has 92 valence electrons. The minimum atomic E-state index is -0.117. The van der Waals surface area contributed by atoms with Crippen LogP contribution in [0.2, 0.25) is 0 Å².